The second kappa shape index (κ2) is 9.31. The molecule has 1 aromatic heterocycles. The predicted molar refractivity (Wildman–Crippen MR) is 122 cm³/mol. The first kappa shape index (κ1) is 22.9. The third kappa shape index (κ3) is 4.59. The molecule has 0 unspecified atom stereocenters. The summed E-state index contributed by atoms with van der Waals surface area (Å²) in [5.41, 5.74) is 2.60. The van der Waals surface area contributed by atoms with E-state index in [1.165, 1.54) is 10.7 Å². The molecule has 0 aliphatic carbocycles. The van der Waals surface area contributed by atoms with Gasteiger partial charge in [0.1, 0.15) is 5.82 Å². The number of nitrogens with one attached hydrogen (secondary N) is 1. The molecule has 1 aromatic carbocycles. The first-order valence-corrected chi connectivity index (χ1v) is 13.0. The van der Waals surface area contributed by atoms with E-state index < -0.39 is 10.0 Å². The Balaban J connectivity index is 1.36. The number of aryl methyl sites for hydroxylation is 4. The fourth-order valence-electron chi connectivity index (χ4n) is 5.05. The molecule has 4 rings (SSSR count). The van der Waals surface area contributed by atoms with E-state index in [0.717, 1.165) is 54.1 Å². The van der Waals surface area contributed by atoms with E-state index in [2.05, 4.69) is 20.1 Å². The van der Waals surface area contributed by atoms with Crippen LogP contribution in [0.4, 0.5) is 0 Å². The Labute approximate surface area is 190 Å². The van der Waals surface area contributed by atoms with Crippen molar-refractivity contribution in [2.75, 3.05) is 13.1 Å². The lowest BCUT2D eigenvalue weighted by molar-refractivity contribution is -0.126. The van der Waals surface area contributed by atoms with Gasteiger partial charge in [-0.15, -0.1) is 10.2 Å². The van der Waals surface area contributed by atoms with Crippen molar-refractivity contribution >= 4 is 15.9 Å². The summed E-state index contributed by atoms with van der Waals surface area (Å²) in [6, 6.07) is 3.82. The van der Waals surface area contributed by atoms with Crippen molar-refractivity contribution in [2.45, 2.75) is 77.3 Å². The van der Waals surface area contributed by atoms with E-state index in [1.54, 1.807) is 0 Å². The van der Waals surface area contributed by atoms with E-state index >= 15 is 0 Å². The van der Waals surface area contributed by atoms with E-state index in [9.17, 15) is 13.2 Å². The minimum atomic E-state index is -3.57. The van der Waals surface area contributed by atoms with Crippen LogP contribution in [0.1, 0.15) is 60.4 Å². The first-order valence-electron chi connectivity index (χ1n) is 11.5. The number of sulfonamides is 1. The van der Waals surface area contributed by atoms with Crippen LogP contribution in [0.25, 0.3) is 0 Å². The Hall–Kier alpha value is -2.26. The molecule has 0 bridgehead atoms. The molecule has 1 N–H and O–H groups in total. The fourth-order valence-corrected chi connectivity index (χ4v) is 6.93. The lowest BCUT2D eigenvalue weighted by Crippen LogP contribution is -2.43. The van der Waals surface area contributed by atoms with Crippen molar-refractivity contribution in [2.24, 2.45) is 5.92 Å². The van der Waals surface area contributed by atoms with Gasteiger partial charge in [-0.1, -0.05) is 24.1 Å². The molecule has 8 nitrogen and oxygen atoms in total. The summed E-state index contributed by atoms with van der Waals surface area (Å²) in [5, 5.41) is 11.6. The highest BCUT2D eigenvalue weighted by Crippen LogP contribution is 2.29. The molecule has 0 spiro atoms. The van der Waals surface area contributed by atoms with Gasteiger partial charge in [0.2, 0.25) is 15.9 Å². The highest BCUT2D eigenvalue weighted by Gasteiger charge is 2.33. The van der Waals surface area contributed by atoms with Gasteiger partial charge < -0.3 is 9.88 Å². The molecule has 9 heteroatoms. The highest BCUT2D eigenvalue weighted by molar-refractivity contribution is 7.89. The third-order valence-corrected chi connectivity index (χ3v) is 8.84. The normalized spacial score (nSPS) is 18.2. The third-order valence-electron chi connectivity index (χ3n) is 6.63. The molecule has 2 aromatic rings. The number of nitrogens with zero attached hydrogens (tertiary/aromatic N) is 4. The van der Waals surface area contributed by atoms with Crippen LogP contribution in [0.2, 0.25) is 0 Å². The zero-order valence-corrected chi connectivity index (χ0v) is 20.0. The molecular formula is C23H33N5O3S. The molecule has 1 amide bonds. The number of aromatic nitrogens is 3. The summed E-state index contributed by atoms with van der Waals surface area (Å²) >= 11 is 0. The number of benzene rings is 1. The number of carbonyl (C=O) groups is 1. The summed E-state index contributed by atoms with van der Waals surface area (Å²) in [6.07, 6.45) is 5.42. The van der Waals surface area contributed by atoms with Crippen molar-refractivity contribution in [3.8, 4) is 0 Å². The van der Waals surface area contributed by atoms with E-state index in [1.807, 2.05) is 32.9 Å². The lowest BCUT2D eigenvalue weighted by atomic mass is 9.97. The first-order chi connectivity index (χ1) is 15.3. The predicted octanol–water partition coefficient (Wildman–Crippen LogP) is 2.65. The number of hydrogen-bond acceptors (Lipinski definition) is 5. The molecule has 32 heavy (non-hydrogen) atoms. The monoisotopic (exact) mass is 459 g/mol. The number of rotatable bonds is 5. The van der Waals surface area contributed by atoms with Gasteiger partial charge >= 0.3 is 0 Å². The molecule has 3 heterocycles. The number of fused-ring (bicyclic) bond motifs is 1. The zero-order chi connectivity index (χ0) is 22.9. The second-order valence-electron chi connectivity index (χ2n) is 9.12. The van der Waals surface area contributed by atoms with Gasteiger partial charge in [0.15, 0.2) is 5.82 Å². The van der Waals surface area contributed by atoms with E-state index in [0.29, 0.717) is 37.4 Å². The maximum Gasteiger partial charge on any atom is 0.243 e. The van der Waals surface area contributed by atoms with Crippen LogP contribution in [-0.2, 0) is 34.3 Å². The molecule has 0 atom stereocenters. The average Bonchev–Trinajstić information content (AvgIpc) is 2.97. The van der Waals surface area contributed by atoms with E-state index in [-0.39, 0.29) is 11.8 Å². The summed E-state index contributed by atoms with van der Waals surface area (Å²) in [6.45, 7) is 7.64. The van der Waals surface area contributed by atoms with Gasteiger partial charge in [-0.05, 0) is 57.6 Å². The summed E-state index contributed by atoms with van der Waals surface area (Å²) < 4.78 is 30.2. The quantitative estimate of drug-likeness (QED) is 0.741. The van der Waals surface area contributed by atoms with Crippen LogP contribution in [0.5, 0.6) is 0 Å². The zero-order valence-electron chi connectivity index (χ0n) is 19.2. The standard InChI is InChI=1S/C23H33N5O3S/c1-16-13-17(2)22(18(3)14-16)32(30,31)27-11-8-19(9-12-27)23(29)24-15-21-26-25-20-7-5-4-6-10-28(20)21/h13-14,19H,4-12,15H2,1-3H3,(H,24,29). The second-order valence-corrected chi connectivity index (χ2v) is 11.0. The maximum absolute atomic E-state index is 13.3. The minimum absolute atomic E-state index is 0.0317. The van der Waals surface area contributed by atoms with Crippen molar-refractivity contribution in [1.29, 1.82) is 0 Å². The van der Waals surface area contributed by atoms with Crippen LogP contribution < -0.4 is 5.32 Å². The van der Waals surface area contributed by atoms with Gasteiger partial charge in [-0.2, -0.15) is 4.31 Å². The smallest absolute Gasteiger partial charge is 0.243 e. The van der Waals surface area contributed by atoms with Gasteiger partial charge in [0.05, 0.1) is 11.4 Å². The van der Waals surface area contributed by atoms with Gasteiger partial charge in [-0.3, -0.25) is 4.79 Å². The Morgan fingerprint density at radius 1 is 1.03 bits per heavy atom. The summed E-state index contributed by atoms with van der Waals surface area (Å²) in [7, 11) is -3.57. The largest absolute Gasteiger partial charge is 0.349 e. The van der Waals surface area contributed by atoms with Crippen molar-refractivity contribution < 1.29 is 13.2 Å². The van der Waals surface area contributed by atoms with E-state index in [4.69, 9.17) is 0 Å². The molecule has 1 saturated heterocycles. The number of amides is 1. The molecule has 2 aliphatic rings. The Morgan fingerprint density at radius 2 is 1.72 bits per heavy atom. The van der Waals surface area contributed by atoms with Crippen LogP contribution in [-0.4, -0.2) is 46.5 Å². The fraction of sp³-hybridized carbons (Fsp3) is 0.609. The maximum atomic E-state index is 13.3. The molecule has 0 saturated carbocycles. The van der Waals surface area contributed by atoms with Gasteiger partial charge in [0.25, 0.3) is 0 Å². The number of piperidine rings is 1. The van der Waals surface area contributed by atoms with Crippen LogP contribution in [0, 0.1) is 26.7 Å². The molecule has 1 fully saturated rings. The number of hydrogen-bond donors (Lipinski definition) is 1. The summed E-state index contributed by atoms with van der Waals surface area (Å²) in [4.78, 5) is 13.2. The lowest BCUT2D eigenvalue weighted by Gasteiger charge is -2.31. The number of carbonyl (C=O) groups excluding carboxylic acids is 1. The summed E-state index contributed by atoms with van der Waals surface area (Å²) in [5.74, 6) is 1.59. The minimum Gasteiger partial charge on any atom is -0.349 e. The molecular weight excluding hydrogens is 426 g/mol. The molecule has 174 valence electrons. The van der Waals surface area contributed by atoms with Gasteiger partial charge in [0, 0.05) is 32.0 Å². The van der Waals surface area contributed by atoms with Crippen LogP contribution in [0.15, 0.2) is 17.0 Å². The average molecular weight is 460 g/mol. The van der Waals surface area contributed by atoms with Crippen LogP contribution in [0.3, 0.4) is 0 Å². The van der Waals surface area contributed by atoms with Crippen molar-refractivity contribution in [3.63, 3.8) is 0 Å². The highest BCUT2D eigenvalue weighted by atomic mass is 32.2. The SMILES string of the molecule is Cc1cc(C)c(S(=O)(=O)N2CCC(C(=O)NCc3nnc4n3CCCCC4)CC2)c(C)c1. The molecule has 0 radical (unpaired) electrons. The van der Waals surface area contributed by atoms with Crippen molar-refractivity contribution in [3.05, 3.63) is 40.5 Å². The van der Waals surface area contributed by atoms with Gasteiger partial charge in [-0.25, -0.2) is 8.42 Å². The Bertz CT molecular complexity index is 1080. The molecule has 2 aliphatic heterocycles. The Morgan fingerprint density at radius 3 is 2.41 bits per heavy atom. The van der Waals surface area contributed by atoms with Crippen LogP contribution >= 0.6 is 0 Å². The topological polar surface area (TPSA) is 97.2 Å². The Kier molecular flexibility index (Phi) is 6.67. The van der Waals surface area contributed by atoms with Crippen molar-refractivity contribution in [1.82, 2.24) is 24.4 Å².